The van der Waals surface area contributed by atoms with Crippen molar-refractivity contribution >= 4 is 11.7 Å². The largest absolute Gasteiger partial charge is 0.471 e. The van der Waals surface area contributed by atoms with E-state index in [-0.39, 0.29) is 18.6 Å². The smallest absolute Gasteiger partial charge is 0.244 e. The van der Waals surface area contributed by atoms with E-state index in [1.807, 2.05) is 42.1 Å². The molecule has 1 aliphatic heterocycles. The number of hydrogen-bond donors (Lipinski definition) is 0. The number of ether oxygens (including phenoxy) is 1. The molecule has 0 N–H and O–H groups in total. The van der Waals surface area contributed by atoms with Crippen LogP contribution >= 0.6 is 0 Å². The van der Waals surface area contributed by atoms with Gasteiger partial charge in [-0.1, -0.05) is 0 Å². The molecule has 3 heterocycles. The van der Waals surface area contributed by atoms with Crippen LogP contribution in [0.4, 0.5) is 5.82 Å². The normalized spacial score (nSPS) is 17.6. The molecule has 1 atom stereocenters. The predicted octanol–water partition coefficient (Wildman–Crippen LogP) is 0.809. The van der Waals surface area contributed by atoms with E-state index in [1.54, 1.807) is 17.1 Å². The minimum atomic E-state index is -0.0557. The minimum absolute atomic E-state index is 0.0557. The Morgan fingerprint density at radius 3 is 2.92 bits per heavy atom. The summed E-state index contributed by atoms with van der Waals surface area (Å²) in [5, 5.41) is 12.3. The highest BCUT2D eigenvalue weighted by molar-refractivity contribution is 5.76. The third-order valence-corrected chi connectivity index (χ3v) is 3.96. The Bertz CT molecular complexity index is 656. The zero-order valence-electron chi connectivity index (χ0n) is 14.0. The molecule has 0 spiro atoms. The fourth-order valence-corrected chi connectivity index (χ4v) is 2.68. The Morgan fingerprint density at radius 1 is 1.38 bits per heavy atom. The maximum atomic E-state index is 12.4. The Kier molecular flexibility index (Phi) is 4.93. The number of anilines is 1. The standard InChI is InChI=1S/C16H22N6O2/c1-20(2)14-6-7-15(19-18-14)24-13-5-3-9-21(11-13)16(23)12-22-10-4-8-17-22/h4,6-8,10,13H,3,5,9,11-12H2,1-2H3. The number of rotatable bonds is 5. The average Bonchev–Trinajstić information content (AvgIpc) is 3.08. The summed E-state index contributed by atoms with van der Waals surface area (Å²) in [6.45, 7) is 1.58. The van der Waals surface area contributed by atoms with Gasteiger partial charge >= 0.3 is 0 Å². The zero-order valence-corrected chi connectivity index (χ0v) is 14.0. The van der Waals surface area contributed by atoms with Crippen molar-refractivity contribution < 1.29 is 9.53 Å². The SMILES string of the molecule is CN(C)c1ccc(OC2CCCN(C(=O)Cn3cccn3)C2)nn1. The molecule has 0 radical (unpaired) electrons. The lowest BCUT2D eigenvalue weighted by Gasteiger charge is -2.32. The van der Waals surface area contributed by atoms with Crippen molar-refractivity contribution in [3.05, 3.63) is 30.6 Å². The van der Waals surface area contributed by atoms with Gasteiger partial charge in [-0.2, -0.15) is 5.10 Å². The van der Waals surface area contributed by atoms with Crippen LogP contribution in [0.3, 0.4) is 0 Å². The van der Waals surface area contributed by atoms with Crippen molar-refractivity contribution in [3.63, 3.8) is 0 Å². The summed E-state index contributed by atoms with van der Waals surface area (Å²) in [6, 6.07) is 5.49. The van der Waals surface area contributed by atoms with Crippen LogP contribution < -0.4 is 9.64 Å². The first-order valence-electron chi connectivity index (χ1n) is 8.05. The van der Waals surface area contributed by atoms with E-state index in [2.05, 4.69) is 15.3 Å². The number of amides is 1. The number of carbonyl (C=O) groups excluding carboxylic acids is 1. The first-order valence-corrected chi connectivity index (χ1v) is 8.05. The number of carbonyl (C=O) groups is 1. The van der Waals surface area contributed by atoms with Crippen LogP contribution in [0.15, 0.2) is 30.6 Å². The maximum absolute atomic E-state index is 12.4. The quantitative estimate of drug-likeness (QED) is 0.807. The summed E-state index contributed by atoms with van der Waals surface area (Å²) in [7, 11) is 3.82. The van der Waals surface area contributed by atoms with Crippen LogP contribution in [0.5, 0.6) is 5.88 Å². The van der Waals surface area contributed by atoms with Crippen LogP contribution in [-0.2, 0) is 11.3 Å². The monoisotopic (exact) mass is 330 g/mol. The van der Waals surface area contributed by atoms with Crippen LogP contribution in [-0.4, -0.2) is 64.1 Å². The molecule has 1 fully saturated rings. The molecule has 8 heteroatoms. The van der Waals surface area contributed by atoms with E-state index in [0.29, 0.717) is 12.4 Å². The van der Waals surface area contributed by atoms with E-state index in [1.165, 1.54) is 0 Å². The molecular formula is C16H22N6O2. The van der Waals surface area contributed by atoms with E-state index in [0.717, 1.165) is 25.2 Å². The van der Waals surface area contributed by atoms with E-state index in [9.17, 15) is 4.79 Å². The van der Waals surface area contributed by atoms with Crippen LogP contribution in [0.1, 0.15) is 12.8 Å². The Balaban J connectivity index is 1.56. The summed E-state index contributed by atoms with van der Waals surface area (Å²) in [6.07, 6.45) is 5.23. The summed E-state index contributed by atoms with van der Waals surface area (Å²) in [5.74, 6) is 1.33. The highest BCUT2D eigenvalue weighted by Crippen LogP contribution is 2.18. The fraction of sp³-hybridized carbons (Fsp3) is 0.500. The second kappa shape index (κ2) is 7.29. The predicted molar refractivity (Wildman–Crippen MR) is 88.8 cm³/mol. The van der Waals surface area contributed by atoms with Crippen molar-refractivity contribution in [2.75, 3.05) is 32.1 Å². The molecule has 0 saturated carbocycles. The molecule has 2 aromatic rings. The second-order valence-corrected chi connectivity index (χ2v) is 6.05. The number of nitrogens with zero attached hydrogens (tertiary/aromatic N) is 6. The Labute approximate surface area is 141 Å². The summed E-state index contributed by atoms with van der Waals surface area (Å²) in [4.78, 5) is 16.1. The van der Waals surface area contributed by atoms with Gasteiger partial charge in [0, 0.05) is 39.1 Å². The maximum Gasteiger partial charge on any atom is 0.244 e. The van der Waals surface area contributed by atoms with Gasteiger partial charge in [0.2, 0.25) is 11.8 Å². The number of likely N-dealkylation sites (tertiary alicyclic amines) is 1. The molecule has 1 amide bonds. The Hall–Kier alpha value is -2.64. The molecule has 1 saturated heterocycles. The van der Waals surface area contributed by atoms with Gasteiger partial charge in [0.1, 0.15) is 12.6 Å². The molecule has 1 unspecified atom stereocenters. The molecule has 1 aliphatic rings. The molecular weight excluding hydrogens is 308 g/mol. The summed E-state index contributed by atoms with van der Waals surface area (Å²) < 4.78 is 7.53. The van der Waals surface area contributed by atoms with Crippen LogP contribution in [0.25, 0.3) is 0 Å². The highest BCUT2D eigenvalue weighted by atomic mass is 16.5. The molecule has 0 aliphatic carbocycles. The lowest BCUT2D eigenvalue weighted by molar-refractivity contribution is -0.134. The molecule has 24 heavy (non-hydrogen) atoms. The molecule has 8 nitrogen and oxygen atoms in total. The lowest BCUT2D eigenvalue weighted by atomic mass is 10.1. The van der Waals surface area contributed by atoms with Gasteiger partial charge in [0.15, 0.2) is 5.82 Å². The first kappa shape index (κ1) is 16.2. The van der Waals surface area contributed by atoms with Crippen molar-refractivity contribution in [1.82, 2.24) is 24.9 Å². The van der Waals surface area contributed by atoms with Crippen LogP contribution in [0.2, 0.25) is 0 Å². The van der Waals surface area contributed by atoms with Crippen molar-refractivity contribution in [3.8, 4) is 5.88 Å². The number of piperidine rings is 1. The van der Waals surface area contributed by atoms with Gasteiger partial charge < -0.3 is 14.5 Å². The third-order valence-electron chi connectivity index (χ3n) is 3.96. The topological polar surface area (TPSA) is 76.4 Å². The fourth-order valence-electron chi connectivity index (χ4n) is 2.68. The molecule has 128 valence electrons. The highest BCUT2D eigenvalue weighted by Gasteiger charge is 2.25. The average molecular weight is 330 g/mol. The number of aromatic nitrogens is 4. The summed E-state index contributed by atoms with van der Waals surface area (Å²) in [5.41, 5.74) is 0. The molecule has 0 aromatic carbocycles. The van der Waals surface area contributed by atoms with Gasteiger partial charge in [-0.25, -0.2) is 0 Å². The second-order valence-electron chi connectivity index (χ2n) is 6.05. The first-order chi connectivity index (χ1) is 11.6. The van der Waals surface area contributed by atoms with Crippen molar-refractivity contribution in [1.29, 1.82) is 0 Å². The molecule has 3 rings (SSSR count). The van der Waals surface area contributed by atoms with Crippen molar-refractivity contribution in [2.24, 2.45) is 0 Å². The van der Waals surface area contributed by atoms with E-state index >= 15 is 0 Å². The third kappa shape index (κ3) is 4.01. The van der Waals surface area contributed by atoms with Crippen molar-refractivity contribution in [2.45, 2.75) is 25.5 Å². The van der Waals surface area contributed by atoms with E-state index < -0.39 is 0 Å². The Morgan fingerprint density at radius 2 is 2.25 bits per heavy atom. The van der Waals surface area contributed by atoms with Crippen LogP contribution in [0, 0.1) is 0 Å². The molecule has 0 bridgehead atoms. The zero-order chi connectivity index (χ0) is 16.9. The van der Waals surface area contributed by atoms with Gasteiger partial charge in [-0.05, 0) is 25.0 Å². The lowest BCUT2D eigenvalue weighted by Crippen LogP contribution is -2.45. The number of hydrogen-bond acceptors (Lipinski definition) is 6. The van der Waals surface area contributed by atoms with Gasteiger partial charge in [-0.3, -0.25) is 9.48 Å². The minimum Gasteiger partial charge on any atom is -0.471 e. The van der Waals surface area contributed by atoms with Gasteiger partial charge in [-0.15, -0.1) is 10.2 Å². The van der Waals surface area contributed by atoms with E-state index in [4.69, 9.17) is 4.74 Å². The van der Waals surface area contributed by atoms with Gasteiger partial charge in [0.05, 0.1) is 6.54 Å². The molecule has 2 aromatic heterocycles. The summed E-state index contributed by atoms with van der Waals surface area (Å²) >= 11 is 0. The van der Waals surface area contributed by atoms with Gasteiger partial charge in [0.25, 0.3) is 0 Å².